The zero-order valence-electron chi connectivity index (χ0n) is 61.0. The van der Waals surface area contributed by atoms with Crippen LogP contribution in [-0.2, 0) is 0 Å². The molecule has 9 aromatic heterocycles. The number of pyridine rings is 5. The maximum Gasteiger partial charge on any atom is 0.164 e. The van der Waals surface area contributed by atoms with Gasteiger partial charge in [0, 0.05) is 104 Å². The number of benzene rings is 12. The van der Waals surface area contributed by atoms with Gasteiger partial charge >= 0.3 is 0 Å². The standard InChI is InChI=1S/2C34H22BrN3.C32H20BrN5/c35-27-16-17-32-29(22-27)34-33(15-8-18-36-34)38(32)28-14-7-13-25(19-28)26-20-30(23-9-3-1-4-10-23)37-31(21-26)24-11-5-2-6-12-24;35-27-16-17-32-29(22-27)34-33(15-8-18-36-34)38(32)28-14-7-13-25(19-28)31-21-26(23-9-3-1-4-10-23)20-30(37-31)24-11-5-2-6-12-24;33-24-16-17-27-26(20-24)29-28(15-8-18-34-29)38(27)25-14-7-13-23(19-25)32-36-30(21-9-3-1-4-10-21)35-31(37-32)22-11-5-2-6-12-22/h2*1-22H;1-20H. The van der Waals surface area contributed by atoms with Gasteiger partial charge in [0.2, 0.25) is 0 Å². The van der Waals surface area contributed by atoms with Crippen molar-refractivity contribution < 1.29 is 0 Å². The van der Waals surface area contributed by atoms with Gasteiger partial charge in [0.25, 0.3) is 0 Å². The van der Waals surface area contributed by atoms with Crippen LogP contribution < -0.4 is 0 Å². The molecule has 0 saturated carbocycles. The summed E-state index contributed by atoms with van der Waals surface area (Å²) in [7, 11) is 0. The van der Waals surface area contributed by atoms with Crippen LogP contribution in [-0.4, -0.2) is 53.6 Å². The Morgan fingerprint density at radius 1 is 0.184 bits per heavy atom. The quantitative estimate of drug-likeness (QED) is 0.119. The third-order valence-corrected chi connectivity index (χ3v) is 21.8. The Bertz CT molecular complexity index is 6290. The van der Waals surface area contributed by atoms with Crippen molar-refractivity contribution in [2.75, 3.05) is 0 Å². The van der Waals surface area contributed by atoms with E-state index < -0.39 is 0 Å². The monoisotopic (exact) mass is 1660 g/mol. The normalized spacial score (nSPS) is 11.3. The van der Waals surface area contributed by atoms with Crippen molar-refractivity contribution in [1.82, 2.24) is 53.6 Å². The molecule has 21 aromatic rings. The molecule has 9 heterocycles. The van der Waals surface area contributed by atoms with Crippen molar-refractivity contribution in [3.63, 3.8) is 0 Å². The molecule has 0 aliphatic carbocycles. The first-order valence-electron chi connectivity index (χ1n) is 37.3. The molecule has 21 rings (SSSR count). The van der Waals surface area contributed by atoms with Crippen LogP contribution in [0.5, 0.6) is 0 Å². The zero-order chi connectivity index (χ0) is 76.4. The highest BCUT2D eigenvalue weighted by Crippen LogP contribution is 2.40. The minimum Gasteiger partial charge on any atom is -0.308 e. The van der Waals surface area contributed by atoms with Crippen LogP contribution >= 0.6 is 47.8 Å². The molecule has 0 saturated heterocycles. The van der Waals surface area contributed by atoms with Crippen molar-refractivity contribution >= 4 is 114 Å². The molecular formula is C100H64Br3N11. The Balaban J connectivity index is 0.000000115. The van der Waals surface area contributed by atoms with E-state index in [4.69, 9.17) is 39.9 Å². The molecule has 0 aliphatic rings. The molecule has 0 unspecified atom stereocenters. The first kappa shape index (κ1) is 70.6. The number of hydrogen-bond donors (Lipinski definition) is 0. The van der Waals surface area contributed by atoms with Gasteiger partial charge in [-0.1, -0.05) is 266 Å². The van der Waals surface area contributed by atoms with E-state index in [2.05, 4.69) is 316 Å². The fourth-order valence-corrected chi connectivity index (χ4v) is 16.1. The number of fused-ring (bicyclic) bond motifs is 9. The summed E-state index contributed by atoms with van der Waals surface area (Å²) in [6.07, 6.45) is 5.55. The zero-order valence-corrected chi connectivity index (χ0v) is 65.8. The van der Waals surface area contributed by atoms with E-state index in [1.165, 1.54) is 5.56 Å². The number of nitrogens with zero attached hydrogens (tertiary/aromatic N) is 11. The minimum atomic E-state index is 0.626. The number of hydrogen-bond acceptors (Lipinski definition) is 8. The Kier molecular flexibility index (Phi) is 19.3. The Morgan fingerprint density at radius 3 is 0.833 bits per heavy atom. The Hall–Kier alpha value is -13.8. The van der Waals surface area contributed by atoms with Gasteiger partial charge in [-0.3, -0.25) is 15.0 Å². The summed E-state index contributed by atoms with van der Waals surface area (Å²) in [5.41, 5.74) is 28.2. The van der Waals surface area contributed by atoms with Gasteiger partial charge in [-0.15, -0.1) is 0 Å². The summed E-state index contributed by atoms with van der Waals surface area (Å²) >= 11 is 10.9. The fraction of sp³-hybridized carbons (Fsp3) is 0. The fourth-order valence-electron chi connectivity index (χ4n) is 15.1. The summed E-state index contributed by atoms with van der Waals surface area (Å²) in [4.78, 5) is 38.9. The highest BCUT2D eigenvalue weighted by Gasteiger charge is 2.21. The van der Waals surface area contributed by atoms with Crippen LogP contribution in [0.1, 0.15) is 0 Å². The van der Waals surface area contributed by atoms with E-state index in [9.17, 15) is 0 Å². The lowest BCUT2D eigenvalue weighted by atomic mass is 9.99. The van der Waals surface area contributed by atoms with Gasteiger partial charge in [-0.2, -0.15) is 0 Å². The van der Waals surface area contributed by atoms with Crippen molar-refractivity contribution in [2.45, 2.75) is 0 Å². The molecule has 0 N–H and O–H groups in total. The number of halogens is 3. The molecule has 0 fully saturated rings. The molecule has 0 aliphatic heterocycles. The summed E-state index contributed by atoms with van der Waals surface area (Å²) in [6, 6.07) is 127. The lowest BCUT2D eigenvalue weighted by Gasteiger charge is -2.13. The van der Waals surface area contributed by atoms with Crippen LogP contribution in [0, 0.1) is 0 Å². The molecule has 0 bridgehead atoms. The third kappa shape index (κ3) is 14.1. The van der Waals surface area contributed by atoms with Crippen LogP contribution in [0.15, 0.2) is 402 Å². The lowest BCUT2D eigenvalue weighted by Crippen LogP contribution is -2.01. The molecule has 0 spiro atoms. The van der Waals surface area contributed by atoms with Crippen molar-refractivity contribution in [3.8, 4) is 119 Å². The molecule has 0 atom stereocenters. The second-order valence-electron chi connectivity index (χ2n) is 27.5. The molecular weight excluding hydrogens is 1590 g/mol. The van der Waals surface area contributed by atoms with Crippen LogP contribution in [0.3, 0.4) is 0 Å². The summed E-state index contributed by atoms with van der Waals surface area (Å²) in [5.74, 6) is 1.91. The largest absolute Gasteiger partial charge is 0.308 e. The van der Waals surface area contributed by atoms with E-state index in [1.54, 1.807) is 0 Å². The van der Waals surface area contributed by atoms with E-state index in [0.717, 1.165) is 175 Å². The lowest BCUT2D eigenvalue weighted by molar-refractivity contribution is 1.07. The van der Waals surface area contributed by atoms with Crippen LogP contribution in [0.2, 0.25) is 0 Å². The SMILES string of the molecule is Brc1ccc2c(c1)c1ncccc1n2-c1cccc(-c2cc(-c3ccccc3)cc(-c3ccccc3)n2)c1.Brc1ccc2c(c1)c1ncccc1n2-c1cccc(-c2cc(-c3ccccc3)nc(-c3ccccc3)c2)c1.Brc1ccc2c(c1)c1ncccc1n2-c1cccc(-c2nc(-c3ccccc3)nc(-c3ccccc3)n2)c1. The number of aromatic nitrogens is 11. The summed E-state index contributed by atoms with van der Waals surface area (Å²) in [6.45, 7) is 0. The molecule has 12 aromatic carbocycles. The van der Waals surface area contributed by atoms with Crippen molar-refractivity contribution in [3.05, 3.63) is 402 Å². The van der Waals surface area contributed by atoms with Gasteiger partial charge in [0.1, 0.15) is 0 Å². The summed E-state index contributed by atoms with van der Waals surface area (Å²) in [5, 5.41) is 3.34. The van der Waals surface area contributed by atoms with E-state index in [1.807, 2.05) is 134 Å². The predicted octanol–water partition coefficient (Wildman–Crippen LogP) is 26.8. The highest BCUT2D eigenvalue weighted by molar-refractivity contribution is 9.11. The highest BCUT2D eigenvalue weighted by atomic mass is 79.9. The van der Waals surface area contributed by atoms with Gasteiger partial charge in [0.05, 0.1) is 72.4 Å². The molecule has 540 valence electrons. The van der Waals surface area contributed by atoms with Crippen molar-refractivity contribution in [2.24, 2.45) is 0 Å². The summed E-state index contributed by atoms with van der Waals surface area (Å²) < 4.78 is 9.93. The Morgan fingerprint density at radius 2 is 0.465 bits per heavy atom. The van der Waals surface area contributed by atoms with E-state index >= 15 is 0 Å². The topological polar surface area (TPSA) is 118 Å². The smallest absolute Gasteiger partial charge is 0.164 e. The van der Waals surface area contributed by atoms with Gasteiger partial charge in [0.15, 0.2) is 17.5 Å². The van der Waals surface area contributed by atoms with E-state index in [0.29, 0.717) is 17.5 Å². The van der Waals surface area contributed by atoms with E-state index in [-0.39, 0.29) is 0 Å². The molecule has 0 radical (unpaired) electrons. The minimum absolute atomic E-state index is 0.626. The maximum absolute atomic E-state index is 5.13. The maximum atomic E-state index is 5.13. The second-order valence-corrected chi connectivity index (χ2v) is 30.3. The number of rotatable bonds is 12. The molecule has 11 nitrogen and oxygen atoms in total. The predicted molar refractivity (Wildman–Crippen MR) is 477 cm³/mol. The molecule has 14 heteroatoms. The Labute approximate surface area is 682 Å². The van der Waals surface area contributed by atoms with Crippen LogP contribution in [0.4, 0.5) is 0 Å². The molecule has 0 amide bonds. The van der Waals surface area contributed by atoms with Crippen molar-refractivity contribution in [1.29, 1.82) is 0 Å². The van der Waals surface area contributed by atoms with Crippen LogP contribution in [0.25, 0.3) is 184 Å². The van der Waals surface area contributed by atoms with Gasteiger partial charge in [-0.25, -0.2) is 24.9 Å². The second kappa shape index (κ2) is 31.2. The molecule has 114 heavy (non-hydrogen) atoms. The first-order chi connectivity index (χ1) is 56.2. The average molecular weight is 1660 g/mol. The van der Waals surface area contributed by atoms with Gasteiger partial charge < -0.3 is 13.7 Å². The average Bonchev–Trinajstić information content (AvgIpc) is 1.69. The van der Waals surface area contributed by atoms with Gasteiger partial charge in [-0.05, 0) is 174 Å². The first-order valence-corrected chi connectivity index (χ1v) is 39.7. The third-order valence-electron chi connectivity index (χ3n) is 20.3.